The first-order valence-corrected chi connectivity index (χ1v) is 10.7. The van der Waals surface area contributed by atoms with Crippen LogP contribution in [0.1, 0.15) is 51.2 Å². The Morgan fingerprint density at radius 3 is 1.77 bits per heavy atom. The average molecular weight is 389 g/mol. The highest BCUT2D eigenvalue weighted by atomic mass is 35.5. The highest BCUT2D eigenvalue weighted by Gasteiger charge is 2.50. The molecule has 0 nitrogen and oxygen atoms in total. The Morgan fingerprint density at radius 1 is 0.846 bits per heavy atom. The van der Waals surface area contributed by atoms with Gasteiger partial charge >= 0.3 is 0 Å². The Labute approximate surface area is 168 Å². The summed E-state index contributed by atoms with van der Waals surface area (Å²) in [5.41, 5.74) is 2.10. The molecule has 2 aromatic carbocycles. The number of halogens is 2. The maximum absolute atomic E-state index is 6.86. The molecule has 26 heavy (non-hydrogen) atoms. The first-order valence-electron chi connectivity index (χ1n) is 9.87. The van der Waals surface area contributed by atoms with Gasteiger partial charge in [-0.2, -0.15) is 0 Å². The number of benzene rings is 2. The highest BCUT2D eigenvalue weighted by molar-refractivity contribution is 6.45. The number of alkyl halides is 2. The van der Waals surface area contributed by atoms with Crippen molar-refractivity contribution in [2.45, 2.75) is 50.3 Å². The molecule has 0 aromatic heterocycles. The standard InChI is InChI=1S/C24H30Cl2/c1-17(2)19-15-14-18(3)22(16-19)24(23(25)26,20-10-6-4-7-11-20)21-12-8-5-9-13-21/h4-13,17-19,22-23H,14-16H2,1-3H3/t18-,19-,22?/m1/s1. The molecular weight excluding hydrogens is 359 g/mol. The van der Waals surface area contributed by atoms with Crippen molar-refractivity contribution in [2.75, 3.05) is 0 Å². The van der Waals surface area contributed by atoms with Gasteiger partial charge in [-0.1, -0.05) is 87.9 Å². The molecule has 0 amide bonds. The minimum absolute atomic E-state index is 0.376. The molecule has 1 aliphatic rings. The predicted octanol–water partition coefficient (Wildman–Crippen LogP) is 7.48. The van der Waals surface area contributed by atoms with Gasteiger partial charge in [-0.15, -0.1) is 23.2 Å². The molecule has 140 valence electrons. The van der Waals surface area contributed by atoms with E-state index in [1.807, 2.05) is 0 Å². The summed E-state index contributed by atoms with van der Waals surface area (Å²) in [5.74, 6) is 2.44. The summed E-state index contributed by atoms with van der Waals surface area (Å²) in [6.45, 7) is 7.09. The van der Waals surface area contributed by atoms with Crippen LogP contribution in [0.25, 0.3) is 0 Å². The number of hydrogen-bond donors (Lipinski definition) is 0. The summed E-state index contributed by atoms with van der Waals surface area (Å²) < 4.78 is 0. The molecule has 0 bridgehead atoms. The summed E-state index contributed by atoms with van der Waals surface area (Å²) in [6, 6.07) is 21.4. The van der Waals surface area contributed by atoms with Gasteiger partial charge in [-0.3, -0.25) is 0 Å². The van der Waals surface area contributed by atoms with E-state index in [9.17, 15) is 0 Å². The summed E-state index contributed by atoms with van der Waals surface area (Å²) in [7, 11) is 0. The van der Waals surface area contributed by atoms with E-state index in [4.69, 9.17) is 23.2 Å². The van der Waals surface area contributed by atoms with Crippen LogP contribution in [0.15, 0.2) is 60.7 Å². The third kappa shape index (κ3) is 3.56. The van der Waals surface area contributed by atoms with Crippen molar-refractivity contribution in [3.8, 4) is 0 Å². The van der Waals surface area contributed by atoms with Crippen molar-refractivity contribution in [1.82, 2.24) is 0 Å². The van der Waals surface area contributed by atoms with Crippen molar-refractivity contribution < 1.29 is 0 Å². The average Bonchev–Trinajstić information content (AvgIpc) is 2.65. The largest absolute Gasteiger partial charge is 0.121 e. The van der Waals surface area contributed by atoms with Gasteiger partial charge in [0.1, 0.15) is 4.84 Å². The second kappa shape index (κ2) is 8.36. The Hall–Kier alpha value is -0.980. The maximum Gasteiger partial charge on any atom is 0.121 e. The van der Waals surface area contributed by atoms with Gasteiger partial charge in [-0.05, 0) is 47.6 Å². The molecule has 3 rings (SSSR count). The summed E-state index contributed by atoms with van der Waals surface area (Å²) >= 11 is 13.7. The molecule has 1 fully saturated rings. The molecule has 0 heterocycles. The van der Waals surface area contributed by atoms with E-state index in [2.05, 4.69) is 81.4 Å². The van der Waals surface area contributed by atoms with E-state index in [0.29, 0.717) is 17.8 Å². The van der Waals surface area contributed by atoms with Crippen LogP contribution in [0.3, 0.4) is 0 Å². The molecule has 0 saturated heterocycles. The Bertz CT molecular complexity index is 638. The molecule has 0 spiro atoms. The molecule has 1 aliphatic carbocycles. The lowest BCUT2D eigenvalue weighted by atomic mass is 9.56. The molecule has 2 heteroatoms. The maximum atomic E-state index is 6.86. The number of rotatable bonds is 5. The van der Waals surface area contributed by atoms with Gasteiger partial charge in [0, 0.05) is 0 Å². The van der Waals surface area contributed by atoms with Gasteiger partial charge in [0.25, 0.3) is 0 Å². The summed E-state index contributed by atoms with van der Waals surface area (Å²) in [6.07, 6.45) is 3.73. The van der Waals surface area contributed by atoms with Crippen molar-refractivity contribution in [3.05, 3.63) is 71.8 Å². The van der Waals surface area contributed by atoms with Crippen molar-refractivity contribution in [3.63, 3.8) is 0 Å². The Morgan fingerprint density at radius 2 is 1.35 bits per heavy atom. The van der Waals surface area contributed by atoms with Crippen LogP contribution in [0.5, 0.6) is 0 Å². The van der Waals surface area contributed by atoms with Gasteiger partial charge in [0.2, 0.25) is 0 Å². The SMILES string of the molecule is CC(C)[C@@H]1CC[C@@H](C)C(C(c2ccccc2)(c2ccccc2)C(Cl)Cl)C1. The molecule has 3 atom stereocenters. The van der Waals surface area contributed by atoms with E-state index in [1.54, 1.807) is 0 Å². The second-order valence-electron chi connectivity index (χ2n) is 8.30. The smallest absolute Gasteiger partial charge is 0.104 e. The first kappa shape index (κ1) is 19.8. The summed E-state index contributed by atoms with van der Waals surface area (Å²) in [4.78, 5) is -0.495. The van der Waals surface area contributed by atoms with Crippen LogP contribution in [-0.2, 0) is 5.41 Å². The summed E-state index contributed by atoms with van der Waals surface area (Å²) in [5, 5.41) is 0. The topological polar surface area (TPSA) is 0 Å². The predicted molar refractivity (Wildman–Crippen MR) is 114 cm³/mol. The van der Waals surface area contributed by atoms with E-state index in [-0.39, 0.29) is 5.41 Å². The normalized spacial score (nSPS) is 24.2. The van der Waals surface area contributed by atoms with Gasteiger partial charge in [0.05, 0.1) is 5.41 Å². The lowest BCUT2D eigenvalue weighted by Gasteiger charge is -2.50. The minimum Gasteiger partial charge on any atom is -0.104 e. The molecule has 1 saturated carbocycles. The van der Waals surface area contributed by atoms with E-state index >= 15 is 0 Å². The van der Waals surface area contributed by atoms with Crippen molar-refractivity contribution >= 4 is 23.2 Å². The fourth-order valence-corrected chi connectivity index (χ4v) is 5.86. The van der Waals surface area contributed by atoms with Crippen LogP contribution in [0.2, 0.25) is 0 Å². The Kier molecular flexibility index (Phi) is 6.36. The van der Waals surface area contributed by atoms with E-state index < -0.39 is 4.84 Å². The van der Waals surface area contributed by atoms with Gasteiger partial charge in [-0.25, -0.2) is 0 Å². The van der Waals surface area contributed by atoms with Crippen molar-refractivity contribution in [1.29, 1.82) is 0 Å². The zero-order valence-electron chi connectivity index (χ0n) is 16.0. The zero-order chi connectivity index (χ0) is 18.7. The van der Waals surface area contributed by atoms with Crippen LogP contribution in [-0.4, -0.2) is 4.84 Å². The molecule has 0 radical (unpaired) electrons. The fourth-order valence-electron chi connectivity index (χ4n) is 5.03. The Balaban J connectivity index is 2.19. The quantitative estimate of drug-likeness (QED) is 0.465. The van der Waals surface area contributed by atoms with E-state index in [0.717, 1.165) is 5.92 Å². The fraction of sp³-hybridized carbons (Fsp3) is 0.500. The number of hydrogen-bond acceptors (Lipinski definition) is 0. The lowest BCUT2D eigenvalue weighted by Crippen LogP contribution is -2.48. The van der Waals surface area contributed by atoms with Crippen LogP contribution in [0, 0.1) is 23.7 Å². The molecule has 0 aliphatic heterocycles. The molecule has 0 N–H and O–H groups in total. The van der Waals surface area contributed by atoms with Crippen LogP contribution >= 0.6 is 23.2 Å². The van der Waals surface area contributed by atoms with Crippen LogP contribution < -0.4 is 0 Å². The van der Waals surface area contributed by atoms with E-state index in [1.165, 1.54) is 30.4 Å². The highest BCUT2D eigenvalue weighted by Crippen LogP contribution is 2.54. The third-order valence-electron chi connectivity index (χ3n) is 6.61. The monoisotopic (exact) mass is 388 g/mol. The van der Waals surface area contributed by atoms with Gasteiger partial charge < -0.3 is 0 Å². The lowest BCUT2D eigenvalue weighted by molar-refractivity contribution is 0.108. The van der Waals surface area contributed by atoms with Crippen molar-refractivity contribution in [2.24, 2.45) is 23.7 Å². The second-order valence-corrected chi connectivity index (χ2v) is 9.40. The molecular formula is C24H30Cl2. The zero-order valence-corrected chi connectivity index (χ0v) is 17.5. The minimum atomic E-state index is -0.495. The molecule has 2 aromatic rings. The molecule has 1 unspecified atom stereocenters. The van der Waals surface area contributed by atoms with Gasteiger partial charge in [0.15, 0.2) is 0 Å². The first-order chi connectivity index (χ1) is 12.5. The van der Waals surface area contributed by atoms with Crippen LogP contribution in [0.4, 0.5) is 0 Å². The third-order valence-corrected chi connectivity index (χ3v) is 7.30.